The molecule has 0 saturated heterocycles. The summed E-state index contributed by atoms with van der Waals surface area (Å²) in [6.07, 6.45) is 13.6. The number of benzene rings is 2. The fourth-order valence-corrected chi connectivity index (χ4v) is 3.12. The van der Waals surface area contributed by atoms with Crippen molar-refractivity contribution in [3.63, 3.8) is 0 Å². The van der Waals surface area contributed by atoms with Crippen LogP contribution in [0.5, 0.6) is 0 Å². The number of carbonyl (C=O) groups excluding carboxylic acids is 1. The van der Waals surface area contributed by atoms with E-state index in [1.54, 1.807) is 6.21 Å². The summed E-state index contributed by atoms with van der Waals surface area (Å²) in [4.78, 5) is 11.8. The van der Waals surface area contributed by atoms with Crippen molar-refractivity contribution in [2.75, 3.05) is 0 Å². The third-order valence-electron chi connectivity index (χ3n) is 4.68. The number of fused-ring (bicyclic) bond motifs is 1. The van der Waals surface area contributed by atoms with Gasteiger partial charge in [0.1, 0.15) is 0 Å². The van der Waals surface area contributed by atoms with Gasteiger partial charge in [0.15, 0.2) is 0 Å². The number of unbranched alkanes of at least 4 members (excludes halogenated alkanes) is 8. The van der Waals surface area contributed by atoms with Crippen molar-refractivity contribution in [2.24, 2.45) is 5.10 Å². The van der Waals surface area contributed by atoms with Gasteiger partial charge in [-0.2, -0.15) is 5.10 Å². The molecule has 0 aromatic heterocycles. The Balaban J connectivity index is 1.57. The average molecular weight is 353 g/mol. The van der Waals surface area contributed by atoms with Crippen LogP contribution in [0.25, 0.3) is 10.8 Å². The summed E-state index contributed by atoms with van der Waals surface area (Å²) < 4.78 is 0. The lowest BCUT2D eigenvalue weighted by molar-refractivity contribution is -0.121. The summed E-state index contributed by atoms with van der Waals surface area (Å²) in [6.45, 7) is 2.25. The second-order valence-electron chi connectivity index (χ2n) is 6.98. The molecule has 2 aromatic carbocycles. The Bertz CT molecular complexity index is 693. The molecule has 0 aliphatic rings. The Morgan fingerprint density at radius 2 is 1.54 bits per heavy atom. The number of nitrogens with one attached hydrogen (secondary N) is 1. The molecule has 0 saturated carbocycles. The number of hydrogen-bond acceptors (Lipinski definition) is 2. The molecule has 2 aromatic rings. The summed E-state index contributed by atoms with van der Waals surface area (Å²) in [5.41, 5.74) is 3.63. The minimum Gasteiger partial charge on any atom is -0.273 e. The van der Waals surface area contributed by atoms with Gasteiger partial charge >= 0.3 is 0 Å². The largest absolute Gasteiger partial charge is 0.273 e. The van der Waals surface area contributed by atoms with E-state index in [9.17, 15) is 4.79 Å². The van der Waals surface area contributed by atoms with Crippen LogP contribution in [0, 0.1) is 0 Å². The molecule has 2 rings (SSSR count). The third kappa shape index (κ3) is 7.81. The predicted octanol–water partition coefficient (Wildman–Crippen LogP) is 6.21. The fraction of sp³-hybridized carbons (Fsp3) is 0.478. The van der Waals surface area contributed by atoms with Crippen molar-refractivity contribution in [3.05, 3.63) is 48.0 Å². The van der Waals surface area contributed by atoms with Crippen molar-refractivity contribution in [1.29, 1.82) is 0 Å². The summed E-state index contributed by atoms with van der Waals surface area (Å²) >= 11 is 0. The van der Waals surface area contributed by atoms with E-state index in [1.807, 2.05) is 18.2 Å². The van der Waals surface area contributed by atoms with E-state index in [0.29, 0.717) is 6.42 Å². The zero-order valence-electron chi connectivity index (χ0n) is 16.0. The first kappa shape index (κ1) is 20.2. The van der Waals surface area contributed by atoms with Crippen molar-refractivity contribution < 1.29 is 4.79 Å². The molecular weight excluding hydrogens is 320 g/mol. The van der Waals surface area contributed by atoms with Crippen LogP contribution >= 0.6 is 0 Å². The van der Waals surface area contributed by atoms with Crippen molar-refractivity contribution in [1.82, 2.24) is 5.43 Å². The second kappa shape index (κ2) is 12.2. The lowest BCUT2D eigenvalue weighted by atomic mass is 10.1. The number of nitrogens with zero attached hydrogens (tertiary/aromatic N) is 1. The molecule has 1 N–H and O–H groups in total. The molecule has 0 spiro atoms. The highest BCUT2D eigenvalue weighted by Crippen LogP contribution is 2.14. The fourth-order valence-electron chi connectivity index (χ4n) is 3.12. The number of carbonyl (C=O) groups is 1. The van der Waals surface area contributed by atoms with E-state index in [1.165, 1.54) is 55.7 Å². The number of hydrogen-bond donors (Lipinski definition) is 1. The molecule has 0 aliphatic carbocycles. The number of amides is 1. The van der Waals surface area contributed by atoms with Gasteiger partial charge in [-0.1, -0.05) is 94.7 Å². The monoisotopic (exact) mass is 352 g/mol. The van der Waals surface area contributed by atoms with Crippen LogP contribution in [-0.4, -0.2) is 12.1 Å². The highest BCUT2D eigenvalue weighted by Gasteiger charge is 1.99. The first-order valence-electron chi connectivity index (χ1n) is 10.1. The van der Waals surface area contributed by atoms with Crippen LogP contribution in [0.15, 0.2) is 47.6 Å². The molecule has 0 aliphatic heterocycles. The maximum absolute atomic E-state index is 11.8. The van der Waals surface area contributed by atoms with E-state index in [-0.39, 0.29) is 5.91 Å². The SMILES string of the molecule is CCCCCCCCCCCC(=O)N/N=C/c1ccc2ccccc2c1. The van der Waals surface area contributed by atoms with Crippen LogP contribution < -0.4 is 5.43 Å². The molecule has 0 radical (unpaired) electrons. The van der Waals surface area contributed by atoms with Gasteiger partial charge in [-0.3, -0.25) is 4.79 Å². The second-order valence-corrected chi connectivity index (χ2v) is 6.98. The van der Waals surface area contributed by atoms with Gasteiger partial charge in [-0.05, 0) is 28.8 Å². The minimum atomic E-state index is 0.00462. The zero-order valence-corrected chi connectivity index (χ0v) is 16.0. The molecule has 0 heterocycles. The average Bonchev–Trinajstić information content (AvgIpc) is 2.66. The highest BCUT2D eigenvalue weighted by molar-refractivity contribution is 5.90. The third-order valence-corrected chi connectivity index (χ3v) is 4.68. The normalized spacial score (nSPS) is 11.3. The molecular formula is C23H32N2O. The van der Waals surface area contributed by atoms with Gasteiger partial charge < -0.3 is 0 Å². The minimum absolute atomic E-state index is 0.00462. The molecule has 0 bridgehead atoms. The summed E-state index contributed by atoms with van der Waals surface area (Å²) in [5.74, 6) is 0.00462. The first-order chi connectivity index (χ1) is 12.8. The predicted molar refractivity (Wildman–Crippen MR) is 112 cm³/mol. The molecule has 0 unspecified atom stereocenters. The lowest BCUT2D eigenvalue weighted by Gasteiger charge is -2.02. The molecule has 140 valence electrons. The Morgan fingerprint density at radius 3 is 2.27 bits per heavy atom. The molecule has 0 fully saturated rings. The van der Waals surface area contributed by atoms with Crippen LogP contribution in [0.1, 0.15) is 76.7 Å². The maximum Gasteiger partial charge on any atom is 0.240 e. The summed E-state index contributed by atoms with van der Waals surface area (Å²) in [7, 11) is 0. The van der Waals surface area contributed by atoms with Gasteiger partial charge in [0, 0.05) is 6.42 Å². The first-order valence-corrected chi connectivity index (χ1v) is 10.1. The standard InChI is InChI=1S/C23H32N2O/c1-2-3-4-5-6-7-8-9-10-15-23(26)25-24-19-20-16-17-21-13-11-12-14-22(21)18-20/h11-14,16-19H,2-10,15H2,1H3,(H,25,26)/b24-19+. The smallest absolute Gasteiger partial charge is 0.240 e. The Morgan fingerprint density at radius 1 is 0.885 bits per heavy atom. The molecule has 3 heteroatoms. The van der Waals surface area contributed by atoms with E-state index < -0.39 is 0 Å². The van der Waals surface area contributed by atoms with Crippen molar-refractivity contribution in [3.8, 4) is 0 Å². The van der Waals surface area contributed by atoms with Gasteiger partial charge in [0.25, 0.3) is 0 Å². The number of hydrazone groups is 1. The molecule has 0 atom stereocenters. The van der Waals surface area contributed by atoms with E-state index >= 15 is 0 Å². The molecule has 3 nitrogen and oxygen atoms in total. The Kier molecular flexibility index (Phi) is 9.48. The Hall–Kier alpha value is -2.16. The van der Waals surface area contributed by atoms with Gasteiger partial charge in [-0.25, -0.2) is 5.43 Å². The van der Waals surface area contributed by atoms with E-state index in [4.69, 9.17) is 0 Å². The van der Waals surface area contributed by atoms with Gasteiger partial charge in [-0.15, -0.1) is 0 Å². The molecule has 1 amide bonds. The number of rotatable bonds is 12. The topological polar surface area (TPSA) is 41.5 Å². The van der Waals surface area contributed by atoms with Gasteiger partial charge in [0.2, 0.25) is 5.91 Å². The summed E-state index contributed by atoms with van der Waals surface area (Å²) in [6, 6.07) is 14.4. The van der Waals surface area contributed by atoms with Crippen LogP contribution in [0.4, 0.5) is 0 Å². The van der Waals surface area contributed by atoms with Crippen LogP contribution in [-0.2, 0) is 4.79 Å². The summed E-state index contributed by atoms with van der Waals surface area (Å²) in [5, 5.41) is 6.47. The molecule has 26 heavy (non-hydrogen) atoms. The Labute approximate surface area is 157 Å². The zero-order chi connectivity index (χ0) is 18.5. The van der Waals surface area contributed by atoms with Crippen molar-refractivity contribution >= 4 is 22.9 Å². The quantitative estimate of drug-likeness (QED) is 0.275. The van der Waals surface area contributed by atoms with Crippen LogP contribution in [0.2, 0.25) is 0 Å². The van der Waals surface area contributed by atoms with E-state index in [0.717, 1.165) is 18.4 Å². The van der Waals surface area contributed by atoms with Crippen LogP contribution in [0.3, 0.4) is 0 Å². The van der Waals surface area contributed by atoms with E-state index in [2.05, 4.69) is 41.7 Å². The lowest BCUT2D eigenvalue weighted by Crippen LogP contribution is -2.16. The van der Waals surface area contributed by atoms with Gasteiger partial charge in [0.05, 0.1) is 6.21 Å². The maximum atomic E-state index is 11.8. The van der Waals surface area contributed by atoms with Crippen molar-refractivity contribution in [2.45, 2.75) is 71.1 Å². The highest BCUT2D eigenvalue weighted by atomic mass is 16.2.